The van der Waals surface area contributed by atoms with Crippen LogP contribution in [0.4, 0.5) is 0 Å². The Morgan fingerprint density at radius 3 is 3.18 bits per heavy atom. The van der Waals surface area contributed by atoms with Gasteiger partial charge in [-0.3, -0.25) is 4.40 Å². The number of H-pyrrole nitrogens is 1. The fourth-order valence-corrected chi connectivity index (χ4v) is 1.62. The van der Waals surface area contributed by atoms with Gasteiger partial charge in [0, 0.05) is 6.54 Å². The predicted octanol–water partition coefficient (Wildman–Crippen LogP) is -0.524. The Hall–Kier alpha value is -2.06. The van der Waals surface area contributed by atoms with Gasteiger partial charge in [0.05, 0.1) is 12.9 Å². The maximum Gasteiger partial charge on any atom is 0.189 e. The van der Waals surface area contributed by atoms with Gasteiger partial charge in [-0.05, 0) is 0 Å². The van der Waals surface area contributed by atoms with E-state index in [1.807, 2.05) is 0 Å². The van der Waals surface area contributed by atoms with E-state index in [1.54, 1.807) is 17.1 Å². The van der Waals surface area contributed by atoms with E-state index >= 15 is 0 Å². The van der Waals surface area contributed by atoms with Crippen LogP contribution in [-0.2, 0) is 11.3 Å². The maximum atomic E-state index is 5.35. The first-order valence-electron chi connectivity index (χ1n) is 5.19. The zero-order chi connectivity index (χ0) is 11.7. The van der Waals surface area contributed by atoms with Gasteiger partial charge in [0.2, 0.25) is 0 Å². The third-order valence-corrected chi connectivity index (χ3v) is 2.40. The smallest absolute Gasteiger partial charge is 0.189 e. The van der Waals surface area contributed by atoms with E-state index in [9.17, 15) is 0 Å². The second-order valence-corrected chi connectivity index (χ2v) is 3.50. The van der Waals surface area contributed by atoms with Crippen LogP contribution in [0.5, 0.6) is 0 Å². The third kappa shape index (κ3) is 1.63. The van der Waals surface area contributed by atoms with Crippen LogP contribution in [0.1, 0.15) is 5.82 Å². The topological polar surface area (TPSA) is 107 Å². The highest BCUT2D eigenvalue weighted by Crippen LogP contribution is 2.12. The molecule has 0 fully saturated rings. The van der Waals surface area contributed by atoms with Gasteiger partial charge in [-0.15, -0.1) is 10.2 Å². The highest BCUT2D eigenvalue weighted by Gasteiger charge is 2.10. The summed E-state index contributed by atoms with van der Waals surface area (Å²) in [6.07, 6.45) is 3.22. The summed E-state index contributed by atoms with van der Waals surface area (Å²) in [7, 11) is 0. The molecule has 0 aliphatic heterocycles. The lowest BCUT2D eigenvalue weighted by Crippen LogP contribution is -2.09. The highest BCUT2D eigenvalue weighted by atomic mass is 16.5. The number of nitrogens with two attached hydrogens (primary N) is 1. The number of rotatable bonds is 4. The maximum absolute atomic E-state index is 5.35. The molecule has 3 rings (SSSR count). The van der Waals surface area contributed by atoms with Crippen molar-refractivity contribution in [3.8, 4) is 0 Å². The number of nitrogens with zero attached hydrogens (tertiary/aromatic N) is 5. The van der Waals surface area contributed by atoms with E-state index in [2.05, 4.69) is 25.1 Å². The van der Waals surface area contributed by atoms with Crippen LogP contribution in [0, 0.1) is 0 Å². The zero-order valence-electron chi connectivity index (χ0n) is 9.00. The molecule has 3 N–H and O–H groups in total. The van der Waals surface area contributed by atoms with E-state index < -0.39 is 0 Å². The van der Waals surface area contributed by atoms with Gasteiger partial charge in [-0.1, -0.05) is 0 Å². The fourth-order valence-electron chi connectivity index (χ4n) is 1.62. The summed E-state index contributed by atoms with van der Waals surface area (Å²) in [4.78, 5) is 11.2. The van der Waals surface area contributed by atoms with Crippen molar-refractivity contribution in [3.05, 3.63) is 18.5 Å². The molecule has 17 heavy (non-hydrogen) atoms. The molecule has 0 saturated carbocycles. The second kappa shape index (κ2) is 4.07. The Morgan fingerprint density at radius 2 is 2.29 bits per heavy atom. The average Bonchev–Trinajstić information content (AvgIpc) is 2.94. The van der Waals surface area contributed by atoms with Crippen molar-refractivity contribution in [2.75, 3.05) is 13.2 Å². The Bertz CT molecular complexity index is 643. The van der Waals surface area contributed by atoms with Crippen molar-refractivity contribution in [2.24, 2.45) is 5.73 Å². The number of imidazole rings is 1. The minimum absolute atomic E-state index is 0.361. The van der Waals surface area contributed by atoms with E-state index in [-0.39, 0.29) is 0 Å². The largest absolute Gasteiger partial charge is 0.372 e. The summed E-state index contributed by atoms with van der Waals surface area (Å²) in [6.45, 7) is 1.34. The van der Waals surface area contributed by atoms with Crippen LogP contribution < -0.4 is 5.73 Å². The molecular formula is C9H11N7O. The predicted molar refractivity (Wildman–Crippen MR) is 59.1 cm³/mol. The molecule has 0 aliphatic carbocycles. The zero-order valence-corrected chi connectivity index (χ0v) is 9.00. The lowest BCUT2D eigenvalue weighted by molar-refractivity contribution is 0.122. The molecule has 88 valence electrons. The first-order valence-corrected chi connectivity index (χ1v) is 5.19. The fraction of sp³-hybridized carbons (Fsp3) is 0.333. The van der Waals surface area contributed by atoms with Crippen molar-refractivity contribution < 1.29 is 4.74 Å². The van der Waals surface area contributed by atoms with Crippen LogP contribution in [0.3, 0.4) is 0 Å². The minimum Gasteiger partial charge on any atom is -0.372 e. The Morgan fingerprint density at radius 1 is 1.35 bits per heavy atom. The lowest BCUT2D eigenvalue weighted by atomic mass is 10.5. The molecule has 0 unspecified atom stereocenters. The number of fused-ring (bicyclic) bond motifs is 3. The van der Waals surface area contributed by atoms with E-state index in [4.69, 9.17) is 10.5 Å². The number of aromatic nitrogens is 6. The van der Waals surface area contributed by atoms with E-state index in [1.165, 1.54) is 0 Å². The van der Waals surface area contributed by atoms with Crippen LogP contribution in [0.2, 0.25) is 0 Å². The van der Waals surface area contributed by atoms with Crippen molar-refractivity contribution in [2.45, 2.75) is 6.61 Å². The molecule has 0 bridgehead atoms. The SMILES string of the molecule is NCCOCc1nnc2c3[nH]cnc3ncn12. The molecule has 8 nitrogen and oxygen atoms in total. The molecule has 8 heteroatoms. The standard InChI is InChI=1S/C9H11N7O/c10-1-2-17-3-6-14-15-9-7-8(12-4-11-7)13-5-16(6)9/h4-5H,1-3,10H2,(H,11,12). The monoisotopic (exact) mass is 233 g/mol. The number of hydrogen-bond acceptors (Lipinski definition) is 6. The summed E-state index contributed by atoms with van der Waals surface area (Å²) in [6, 6.07) is 0. The summed E-state index contributed by atoms with van der Waals surface area (Å²) < 4.78 is 7.10. The summed E-state index contributed by atoms with van der Waals surface area (Å²) >= 11 is 0. The Kier molecular flexibility index (Phi) is 2.42. The molecule has 0 aliphatic rings. The highest BCUT2D eigenvalue weighted by molar-refractivity contribution is 5.84. The summed E-state index contributed by atoms with van der Waals surface area (Å²) in [5, 5.41) is 8.14. The molecule has 0 aromatic carbocycles. The summed E-state index contributed by atoms with van der Waals surface area (Å²) in [5.41, 5.74) is 7.43. The first kappa shape index (κ1) is 10.1. The van der Waals surface area contributed by atoms with Crippen molar-refractivity contribution in [3.63, 3.8) is 0 Å². The molecule has 0 amide bonds. The van der Waals surface area contributed by atoms with Crippen molar-refractivity contribution in [1.82, 2.24) is 29.5 Å². The van der Waals surface area contributed by atoms with Gasteiger partial charge in [0.1, 0.15) is 18.5 Å². The van der Waals surface area contributed by atoms with Gasteiger partial charge >= 0.3 is 0 Å². The van der Waals surface area contributed by atoms with Gasteiger partial charge in [-0.2, -0.15) is 0 Å². The second-order valence-electron chi connectivity index (χ2n) is 3.50. The molecular weight excluding hydrogens is 222 g/mol. The number of aromatic amines is 1. The van der Waals surface area contributed by atoms with Crippen molar-refractivity contribution >= 4 is 16.8 Å². The van der Waals surface area contributed by atoms with E-state index in [0.717, 1.165) is 5.52 Å². The number of hydrogen-bond donors (Lipinski definition) is 2. The molecule has 3 aromatic heterocycles. The molecule has 0 saturated heterocycles. The van der Waals surface area contributed by atoms with Gasteiger partial charge in [0.15, 0.2) is 17.1 Å². The van der Waals surface area contributed by atoms with Crippen molar-refractivity contribution in [1.29, 1.82) is 0 Å². The van der Waals surface area contributed by atoms with Gasteiger partial charge in [-0.25, -0.2) is 9.97 Å². The Balaban J connectivity index is 2.03. The molecule has 0 radical (unpaired) electrons. The Labute approximate surface area is 95.8 Å². The normalized spacial score (nSPS) is 11.6. The van der Waals surface area contributed by atoms with Crippen LogP contribution in [-0.4, -0.2) is 42.7 Å². The van der Waals surface area contributed by atoms with Crippen LogP contribution >= 0.6 is 0 Å². The molecule has 0 spiro atoms. The van der Waals surface area contributed by atoms with Crippen LogP contribution in [0.15, 0.2) is 12.7 Å². The molecule has 3 aromatic rings. The number of ether oxygens (including phenoxy) is 1. The molecule has 3 heterocycles. The lowest BCUT2D eigenvalue weighted by Gasteiger charge is -2.00. The number of nitrogens with one attached hydrogen (secondary N) is 1. The average molecular weight is 233 g/mol. The minimum atomic E-state index is 0.361. The van der Waals surface area contributed by atoms with Gasteiger partial charge < -0.3 is 15.5 Å². The van der Waals surface area contributed by atoms with E-state index in [0.29, 0.717) is 36.9 Å². The summed E-state index contributed by atoms with van der Waals surface area (Å²) in [5.74, 6) is 0.692. The third-order valence-electron chi connectivity index (χ3n) is 2.40. The van der Waals surface area contributed by atoms with Crippen LogP contribution in [0.25, 0.3) is 16.8 Å². The van der Waals surface area contributed by atoms with Gasteiger partial charge in [0.25, 0.3) is 0 Å². The first-order chi connectivity index (χ1) is 8.40. The quantitative estimate of drug-likeness (QED) is 0.587. The molecule has 0 atom stereocenters.